The Morgan fingerprint density at radius 1 is 0.583 bits per heavy atom. The summed E-state index contributed by atoms with van der Waals surface area (Å²) in [5.74, 6) is 0. The van der Waals surface area contributed by atoms with Crippen molar-refractivity contribution in [1.29, 1.82) is 0 Å². The van der Waals surface area contributed by atoms with Crippen molar-refractivity contribution in [3.05, 3.63) is 0 Å². The van der Waals surface area contributed by atoms with Gasteiger partial charge in [0, 0.05) is 0 Å². The van der Waals surface area contributed by atoms with Gasteiger partial charge in [-0.25, -0.2) is 0 Å². The van der Waals surface area contributed by atoms with E-state index < -0.39 is 0 Å². The molecule has 0 amide bonds. The Morgan fingerprint density at radius 3 is 0.583 bits per heavy atom. The topological polar surface area (TPSA) is 69.2 Å². The minimum atomic E-state index is 0. The molecule has 0 aliphatic carbocycles. The van der Waals surface area contributed by atoms with E-state index in [1.54, 1.807) is 20.8 Å². The van der Waals surface area contributed by atoms with Crippen LogP contribution in [0.5, 0.6) is 0 Å². The summed E-state index contributed by atoms with van der Waals surface area (Å²) in [7, 11) is 0. The summed E-state index contributed by atoms with van der Waals surface area (Å²) in [6, 6.07) is 0. The van der Waals surface area contributed by atoms with Gasteiger partial charge in [0.15, 0.2) is 0 Å². The largest absolute Gasteiger partial charge is 1.00 e. The van der Waals surface area contributed by atoms with Gasteiger partial charge in [-0.3, -0.25) is 0 Å². The first-order valence-corrected chi connectivity index (χ1v) is 2.99. The van der Waals surface area contributed by atoms with Crippen molar-refractivity contribution < 1.29 is 104 Å². The molecule has 0 fully saturated rings. The second kappa shape index (κ2) is 66.6. The molecule has 0 rings (SSSR count). The van der Waals surface area contributed by atoms with Gasteiger partial charge in [0.1, 0.15) is 0 Å². The van der Waals surface area contributed by atoms with Crippen molar-refractivity contribution in [3.8, 4) is 0 Å². The van der Waals surface area contributed by atoms with E-state index in [0.29, 0.717) is 0 Å². The molecule has 0 radical (unpaired) electrons. The van der Waals surface area contributed by atoms with Gasteiger partial charge in [-0.05, 0) is 0 Å². The molecule has 60 valence electrons. The number of hydrogen-bond acceptors (Lipinski definition) is 3. The monoisotopic (exact) mass is 204 g/mol. The summed E-state index contributed by atoms with van der Waals surface area (Å²) in [5.41, 5.74) is 0. The molecule has 6 heteroatoms. The fourth-order valence-corrected chi connectivity index (χ4v) is 0. The predicted molar refractivity (Wildman–Crippen MR) is 31.6 cm³/mol. The van der Waals surface area contributed by atoms with E-state index in [0.717, 1.165) is 0 Å². The van der Waals surface area contributed by atoms with Gasteiger partial charge in [-0.2, -0.15) is 0 Å². The van der Waals surface area contributed by atoms with Crippen LogP contribution in [-0.4, -0.2) is 19.8 Å². The normalized spacial score (nSPS) is 4.50. The SMILES string of the molecule is CC[O-].CC[O-].CC[O-].[Na+].[Na+].[Na+]. The fraction of sp³-hybridized carbons (Fsp3) is 1.00. The van der Waals surface area contributed by atoms with Crippen molar-refractivity contribution in [2.24, 2.45) is 0 Å². The van der Waals surface area contributed by atoms with Crippen molar-refractivity contribution in [2.45, 2.75) is 20.8 Å². The molecule has 0 spiro atoms. The summed E-state index contributed by atoms with van der Waals surface area (Å²) in [6.07, 6.45) is 0. The summed E-state index contributed by atoms with van der Waals surface area (Å²) in [4.78, 5) is 0. The zero-order chi connectivity index (χ0) is 8.12. The second-order valence-electron chi connectivity index (χ2n) is 0.866. The molecule has 0 aliphatic rings. The standard InChI is InChI=1S/3C2H5O.3Na/c3*1-2-3;;;/h3*2H2,1H3;;;/q3*-1;3*+1. The molecule has 0 saturated carbocycles. The molecule has 0 aromatic rings. The van der Waals surface area contributed by atoms with Crippen LogP contribution in [0.3, 0.4) is 0 Å². The summed E-state index contributed by atoms with van der Waals surface area (Å²) >= 11 is 0. The van der Waals surface area contributed by atoms with Crippen LogP contribution in [-0.2, 0) is 0 Å². The van der Waals surface area contributed by atoms with Crippen LogP contribution in [0.2, 0.25) is 0 Å². The van der Waals surface area contributed by atoms with E-state index in [1.165, 1.54) is 0 Å². The van der Waals surface area contributed by atoms with Gasteiger partial charge < -0.3 is 15.3 Å². The third-order valence-electron chi connectivity index (χ3n) is 0. The van der Waals surface area contributed by atoms with E-state index in [2.05, 4.69) is 0 Å². The number of hydrogen-bond donors (Lipinski definition) is 0. The molecular weight excluding hydrogens is 189 g/mol. The van der Waals surface area contributed by atoms with Gasteiger partial charge in [0.05, 0.1) is 0 Å². The van der Waals surface area contributed by atoms with Crippen LogP contribution in [0.4, 0.5) is 0 Å². The molecule has 0 aromatic heterocycles. The maximum Gasteiger partial charge on any atom is 1.00 e. The summed E-state index contributed by atoms with van der Waals surface area (Å²) < 4.78 is 0. The average molecular weight is 204 g/mol. The Morgan fingerprint density at radius 2 is 0.583 bits per heavy atom. The third kappa shape index (κ3) is 219. The van der Waals surface area contributed by atoms with E-state index in [1.807, 2.05) is 0 Å². The quantitative estimate of drug-likeness (QED) is 0.368. The van der Waals surface area contributed by atoms with Gasteiger partial charge in [-0.15, -0.1) is 19.8 Å². The molecule has 12 heavy (non-hydrogen) atoms. The first-order valence-electron chi connectivity index (χ1n) is 2.99. The first kappa shape index (κ1) is 36.4. The average Bonchev–Trinajstić information content (AvgIpc) is 1.70. The minimum Gasteiger partial charge on any atom is -0.855 e. The van der Waals surface area contributed by atoms with E-state index in [-0.39, 0.29) is 108 Å². The maximum absolute atomic E-state index is 8.93. The zero-order valence-electron chi connectivity index (χ0n) is 9.35. The van der Waals surface area contributed by atoms with Crippen LogP contribution in [0.15, 0.2) is 0 Å². The van der Waals surface area contributed by atoms with Gasteiger partial charge in [0.2, 0.25) is 0 Å². The Labute approximate surface area is 142 Å². The predicted octanol–water partition coefficient (Wildman–Crippen LogP) is -10.9. The van der Waals surface area contributed by atoms with Crippen LogP contribution in [0, 0.1) is 0 Å². The maximum atomic E-state index is 8.93. The molecule has 0 aromatic carbocycles. The van der Waals surface area contributed by atoms with Crippen LogP contribution in [0.1, 0.15) is 20.8 Å². The van der Waals surface area contributed by atoms with Crippen molar-refractivity contribution in [2.75, 3.05) is 19.8 Å². The smallest absolute Gasteiger partial charge is 0.855 e. The van der Waals surface area contributed by atoms with E-state index in [9.17, 15) is 0 Å². The molecule has 0 bridgehead atoms. The molecule has 0 atom stereocenters. The Balaban J connectivity index is -0.00000001000. The Hall–Kier alpha value is 2.88. The molecule has 0 heterocycles. The molecule has 0 saturated heterocycles. The fourth-order valence-electron chi connectivity index (χ4n) is 0. The Kier molecular flexibility index (Phi) is 202. The number of rotatable bonds is 0. The van der Waals surface area contributed by atoms with Gasteiger partial charge in [-0.1, -0.05) is 20.8 Å². The molecule has 0 N–H and O–H groups in total. The van der Waals surface area contributed by atoms with E-state index in [4.69, 9.17) is 15.3 Å². The Bertz CT molecular complexity index is 22.8. The first-order chi connectivity index (χ1) is 4.24. The molecular formula is C6H15Na3O3. The van der Waals surface area contributed by atoms with Crippen LogP contribution < -0.4 is 104 Å². The molecule has 0 aliphatic heterocycles. The van der Waals surface area contributed by atoms with Gasteiger partial charge in [0.25, 0.3) is 0 Å². The van der Waals surface area contributed by atoms with Crippen LogP contribution >= 0.6 is 0 Å². The van der Waals surface area contributed by atoms with E-state index >= 15 is 0 Å². The summed E-state index contributed by atoms with van der Waals surface area (Å²) in [6.45, 7) is 4.71. The molecule has 0 unspecified atom stereocenters. The van der Waals surface area contributed by atoms with Crippen molar-refractivity contribution in [1.82, 2.24) is 0 Å². The second-order valence-corrected chi connectivity index (χ2v) is 0.866. The zero-order valence-corrected chi connectivity index (χ0v) is 15.3. The third-order valence-corrected chi connectivity index (χ3v) is 0. The van der Waals surface area contributed by atoms with Gasteiger partial charge >= 0.3 is 88.7 Å². The van der Waals surface area contributed by atoms with Crippen molar-refractivity contribution in [3.63, 3.8) is 0 Å². The minimum absolute atomic E-state index is 0. The summed E-state index contributed by atoms with van der Waals surface area (Å²) in [5, 5.41) is 26.8. The van der Waals surface area contributed by atoms with Crippen LogP contribution in [0.25, 0.3) is 0 Å². The molecule has 3 nitrogen and oxygen atoms in total. The van der Waals surface area contributed by atoms with Crippen molar-refractivity contribution >= 4 is 0 Å².